The van der Waals surface area contributed by atoms with Gasteiger partial charge < -0.3 is 10.1 Å². The summed E-state index contributed by atoms with van der Waals surface area (Å²) in [6.07, 6.45) is -9.75. The highest BCUT2D eigenvalue weighted by Gasteiger charge is 2.47. The van der Waals surface area contributed by atoms with Crippen LogP contribution in [0, 0.1) is 0 Å². The van der Waals surface area contributed by atoms with Crippen LogP contribution in [-0.2, 0) is 0 Å². The van der Waals surface area contributed by atoms with Crippen LogP contribution in [0.15, 0.2) is 24.3 Å². The maximum Gasteiger partial charge on any atom is 0.573 e. The van der Waals surface area contributed by atoms with Crippen LogP contribution in [0.2, 0.25) is 0 Å². The van der Waals surface area contributed by atoms with Gasteiger partial charge in [0.1, 0.15) is 11.8 Å². The predicted molar refractivity (Wildman–Crippen MR) is 80.9 cm³/mol. The maximum atomic E-state index is 13.4. The van der Waals surface area contributed by atoms with E-state index in [1.165, 1.54) is 12.1 Å². The molecule has 3 nitrogen and oxygen atoms in total. The molecule has 1 aliphatic rings. The van der Waals surface area contributed by atoms with E-state index in [1.54, 1.807) is 0 Å². The van der Waals surface area contributed by atoms with Gasteiger partial charge in [-0.1, -0.05) is 18.2 Å². The Morgan fingerprint density at radius 1 is 0.958 bits per heavy atom. The van der Waals surface area contributed by atoms with Crippen LogP contribution in [0.4, 0.5) is 26.3 Å². The van der Waals surface area contributed by atoms with E-state index in [4.69, 9.17) is 0 Å². The molecular formula is C13H16Cl2F6N2O. The second-order valence-electron chi connectivity index (χ2n) is 4.82. The molecule has 0 saturated carbocycles. The molecule has 1 aromatic carbocycles. The van der Waals surface area contributed by atoms with Crippen LogP contribution in [0.25, 0.3) is 0 Å². The lowest BCUT2D eigenvalue weighted by molar-refractivity contribution is -0.275. The van der Waals surface area contributed by atoms with Crippen molar-refractivity contribution in [2.45, 2.75) is 18.6 Å². The Morgan fingerprint density at radius 2 is 1.50 bits per heavy atom. The van der Waals surface area contributed by atoms with Crippen molar-refractivity contribution in [2.75, 3.05) is 26.2 Å². The van der Waals surface area contributed by atoms with E-state index >= 15 is 0 Å². The molecule has 1 aliphatic heterocycles. The molecule has 0 aliphatic carbocycles. The van der Waals surface area contributed by atoms with E-state index in [0.717, 1.165) is 17.0 Å². The zero-order chi connectivity index (χ0) is 16.4. The summed E-state index contributed by atoms with van der Waals surface area (Å²) in [5, 5.41) is 2.91. The first-order valence-corrected chi connectivity index (χ1v) is 6.54. The van der Waals surface area contributed by atoms with Gasteiger partial charge in [0, 0.05) is 31.7 Å². The lowest BCUT2D eigenvalue weighted by Gasteiger charge is -2.36. The van der Waals surface area contributed by atoms with E-state index in [1.807, 2.05) is 0 Å². The summed E-state index contributed by atoms with van der Waals surface area (Å²) in [5.41, 5.74) is -0.533. The highest BCUT2D eigenvalue weighted by atomic mass is 35.5. The number of alkyl halides is 6. The smallest absolute Gasteiger partial charge is 0.405 e. The Morgan fingerprint density at radius 3 is 2.00 bits per heavy atom. The molecule has 24 heavy (non-hydrogen) atoms. The van der Waals surface area contributed by atoms with Crippen LogP contribution in [0.3, 0.4) is 0 Å². The quantitative estimate of drug-likeness (QED) is 0.777. The summed E-state index contributed by atoms with van der Waals surface area (Å²) in [6, 6.07) is 2.24. The minimum absolute atomic E-state index is 0. The number of nitrogens with zero attached hydrogens (tertiary/aromatic N) is 1. The normalized spacial score (nSPS) is 17.4. The van der Waals surface area contributed by atoms with Crippen molar-refractivity contribution in [3.8, 4) is 5.75 Å². The SMILES string of the molecule is Cl.Cl.FC(F)(F)Oc1ccccc1[C@H](N1CCNCC1)C(F)(F)F. The standard InChI is InChI=1S/C13H14F6N2O.2ClH/c14-12(15,16)11(21-7-5-20-6-8-21)9-3-1-2-4-10(9)22-13(17,18)19;;/h1-4,11,20H,5-8H2;2*1H/t11-;;/m0../s1. The first-order valence-electron chi connectivity index (χ1n) is 6.54. The third-order valence-electron chi connectivity index (χ3n) is 3.27. The molecule has 1 N–H and O–H groups in total. The van der Waals surface area contributed by atoms with Gasteiger partial charge in [-0.15, -0.1) is 38.0 Å². The Balaban J connectivity index is 0.00000264. The van der Waals surface area contributed by atoms with Crippen molar-refractivity contribution < 1.29 is 31.1 Å². The topological polar surface area (TPSA) is 24.5 Å². The van der Waals surface area contributed by atoms with Gasteiger partial charge in [-0.05, 0) is 6.07 Å². The van der Waals surface area contributed by atoms with E-state index < -0.39 is 29.9 Å². The Bertz CT molecular complexity index is 506. The van der Waals surface area contributed by atoms with Crippen LogP contribution in [0.1, 0.15) is 11.6 Å². The van der Waals surface area contributed by atoms with Crippen molar-refractivity contribution in [1.82, 2.24) is 10.2 Å². The van der Waals surface area contributed by atoms with Gasteiger partial charge in [-0.25, -0.2) is 0 Å². The number of ether oxygens (including phenoxy) is 1. The summed E-state index contributed by atoms with van der Waals surface area (Å²) in [6.45, 7) is 0.860. The summed E-state index contributed by atoms with van der Waals surface area (Å²) in [5.74, 6) is -0.823. The number of hydrogen-bond acceptors (Lipinski definition) is 3. The summed E-state index contributed by atoms with van der Waals surface area (Å²) < 4.78 is 81.2. The number of hydrogen-bond donors (Lipinski definition) is 1. The van der Waals surface area contributed by atoms with Gasteiger partial charge in [-0.2, -0.15) is 13.2 Å². The molecule has 0 spiro atoms. The number of benzene rings is 1. The molecule has 0 aromatic heterocycles. The monoisotopic (exact) mass is 400 g/mol. The predicted octanol–water partition coefficient (Wildman–Crippen LogP) is 3.94. The number of para-hydroxylation sites is 1. The van der Waals surface area contributed by atoms with Gasteiger partial charge in [-0.3, -0.25) is 4.90 Å². The third-order valence-corrected chi connectivity index (χ3v) is 3.27. The lowest BCUT2D eigenvalue weighted by atomic mass is 10.0. The van der Waals surface area contributed by atoms with Crippen molar-refractivity contribution in [3.05, 3.63) is 29.8 Å². The van der Waals surface area contributed by atoms with E-state index in [-0.39, 0.29) is 37.9 Å². The lowest BCUT2D eigenvalue weighted by Crippen LogP contribution is -2.49. The van der Waals surface area contributed by atoms with Crippen LogP contribution >= 0.6 is 24.8 Å². The number of nitrogens with one attached hydrogen (secondary N) is 1. The Hall–Kier alpha value is -0.900. The second-order valence-corrected chi connectivity index (χ2v) is 4.82. The van der Waals surface area contributed by atoms with Crippen molar-refractivity contribution in [1.29, 1.82) is 0 Å². The van der Waals surface area contributed by atoms with Gasteiger partial charge in [0.05, 0.1) is 0 Å². The van der Waals surface area contributed by atoms with Crippen LogP contribution < -0.4 is 10.1 Å². The molecule has 1 aromatic rings. The largest absolute Gasteiger partial charge is 0.573 e. The van der Waals surface area contributed by atoms with E-state index in [0.29, 0.717) is 13.1 Å². The first kappa shape index (κ1) is 23.1. The molecule has 0 radical (unpaired) electrons. The molecule has 0 amide bonds. The highest BCUT2D eigenvalue weighted by Crippen LogP contribution is 2.42. The number of rotatable bonds is 3. The van der Waals surface area contributed by atoms with E-state index in [2.05, 4.69) is 10.1 Å². The Kier molecular flexibility index (Phi) is 8.64. The molecule has 1 heterocycles. The summed E-state index contributed by atoms with van der Waals surface area (Å²) >= 11 is 0. The molecule has 1 atom stereocenters. The molecule has 1 saturated heterocycles. The van der Waals surface area contributed by atoms with Crippen LogP contribution in [-0.4, -0.2) is 43.6 Å². The van der Waals surface area contributed by atoms with Gasteiger partial charge in [0.15, 0.2) is 0 Å². The third kappa shape index (κ3) is 6.19. The summed E-state index contributed by atoms with van der Waals surface area (Å²) in [4.78, 5) is 1.11. The molecular weight excluding hydrogens is 385 g/mol. The average molecular weight is 401 g/mol. The molecule has 2 rings (SSSR count). The molecule has 11 heteroatoms. The average Bonchev–Trinajstić information content (AvgIpc) is 2.39. The Labute approximate surface area is 147 Å². The minimum Gasteiger partial charge on any atom is -0.405 e. The second kappa shape index (κ2) is 8.98. The fourth-order valence-corrected chi connectivity index (χ4v) is 2.44. The molecule has 0 bridgehead atoms. The minimum atomic E-state index is -5.05. The molecule has 0 unspecified atom stereocenters. The highest BCUT2D eigenvalue weighted by molar-refractivity contribution is 5.85. The zero-order valence-electron chi connectivity index (χ0n) is 12.2. The van der Waals surface area contributed by atoms with Crippen molar-refractivity contribution in [3.63, 3.8) is 0 Å². The molecule has 1 fully saturated rings. The van der Waals surface area contributed by atoms with Crippen molar-refractivity contribution >= 4 is 24.8 Å². The fourth-order valence-electron chi connectivity index (χ4n) is 2.44. The first-order chi connectivity index (χ1) is 10.2. The fraction of sp³-hybridized carbons (Fsp3) is 0.538. The van der Waals surface area contributed by atoms with Gasteiger partial charge in [0.25, 0.3) is 0 Å². The van der Waals surface area contributed by atoms with Crippen LogP contribution in [0.5, 0.6) is 5.75 Å². The van der Waals surface area contributed by atoms with Gasteiger partial charge in [0.2, 0.25) is 0 Å². The number of halogens is 8. The number of piperazine rings is 1. The summed E-state index contributed by atoms with van der Waals surface area (Å²) in [7, 11) is 0. The maximum absolute atomic E-state index is 13.4. The molecule has 140 valence electrons. The van der Waals surface area contributed by atoms with Crippen molar-refractivity contribution in [2.24, 2.45) is 0 Å². The van der Waals surface area contributed by atoms with E-state index in [9.17, 15) is 26.3 Å². The zero-order valence-corrected chi connectivity index (χ0v) is 13.8. The van der Waals surface area contributed by atoms with Gasteiger partial charge >= 0.3 is 12.5 Å².